The van der Waals surface area contributed by atoms with Crippen molar-refractivity contribution in [3.05, 3.63) is 59.2 Å². The van der Waals surface area contributed by atoms with Gasteiger partial charge in [0.05, 0.1) is 11.1 Å². The fourth-order valence-electron chi connectivity index (χ4n) is 3.89. The molecule has 1 saturated carbocycles. The summed E-state index contributed by atoms with van der Waals surface area (Å²) < 4.78 is 51.0. The van der Waals surface area contributed by atoms with Crippen LogP contribution in [0.15, 0.2) is 42.5 Å². The summed E-state index contributed by atoms with van der Waals surface area (Å²) in [5, 5.41) is 0. The molecule has 4 rings (SSSR count). The van der Waals surface area contributed by atoms with Crippen LogP contribution in [0.5, 0.6) is 11.5 Å². The summed E-state index contributed by atoms with van der Waals surface area (Å²) in [6, 6.07) is 10.3. The second-order valence-corrected chi connectivity index (χ2v) is 7.10. The highest BCUT2D eigenvalue weighted by molar-refractivity contribution is 5.96. The average molecular weight is 391 g/mol. The highest BCUT2D eigenvalue weighted by Gasteiger charge is 2.37. The maximum Gasteiger partial charge on any atom is 0.417 e. The summed E-state index contributed by atoms with van der Waals surface area (Å²) in [7, 11) is 0. The topological polar surface area (TPSA) is 38.8 Å². The maximum atomic E-state index is 13.4. The van der Waals surface area contributed by atoms with Crippen LogP contribution in [-0.4, -0.2) is 23.6 Å². The lowest BCUT2D eigenvalue weighted by Gasteiger charge is -2.30. The van der Waals surface area contributed by atoms with Crippen molar-refractivity contribution in [2.24, 2.45) is 0 Å². The number of nitrogens with zero attached hydrogens (tertiary/aromatic N) is 1. The van der Waals surface area contributed by atoms with Crippen molar-refractivity contribution in [3.63, 3.8) is 0 Å². The van der Waals surface area contributed by atoms with Crippen LogP contribution in [0.25, 0.3) is 0 Å². The van der Waals surface area contributed by atoms with Crippen LogP contribution >= 0.6 is 0 Å². The van der Waals surface area contributed by atoms with Crippen molar-refractivity contribution in [1.29, 1.82) is 0 Å². The smallest absolute Gasteiger partial charge is 0.417 e. The van der Waals surface area contributed by atoms with Crippen molar-refractivity contribution in [1.82, 2.24) is 4.90 Å². The van der Waals surface area contributed by atoms with E-state index in [0.717, 1.165) is 37.3 Å². The Hall–Kier alpha value is -2.70. The number of rotatable bonds is 4. The molecule has 0 aromatic heterocycles. The minimum absolute atomic E-state index is 0.0702. The Morgan fingerprint density at radius 2 is 1.75 bits per heavy atom. The molecule has 1 aliphatic heterocycles. The van der Waals surface area contributed by atoms with Crippen molar-refractivity contribution in [3.8, 4) is 11.5 Å². The number of hydrogen-bond donors (Lipinski definition) is 0. The van der Waals surface area contributed by atoms with E-state index in [2.05, 4.69) is 0 Å². The molecule has 1 amide bonds. The lowest BCUT2D eigenvalue weighted by atomic mass is 10.0. The van der Waals surface area contributed by atoms with Crippen LogP contribution in [-0.2, 0) is 12.7 Å². The van der Waals surface area contributed by atoms with Gasteiger partial charge in [-0.2, -0.15) is 13.2 Å². The lowest BCUT2D eigenvalue weighted by Crippen LogP contribution is -2.39. The molecule has 1 fully saturated rings. The van der Waals surface area contributed by atoms with Gasteiger partial charge in [0.1, 0.15) is 0 Å². The Balaban J connectivity index is 1.66. The first kappa shape index (κ1) is 18.7. The number of fused-ring (bicyclic) bond motifs is 1. The van der Waals surface area contributed by atoms with Crippen molar-refractivity contribution in [2.45, 2.75) is 44.4 Å². The highest BCUT2D eigenvalue weighted by Crippen LogP contribution is 2.36. The summed E-state index contributed by atoms with van der Waals surface area (Å²) in [6.45, 7) is 0.370. The molecule has 148 valence electrons. The monoisotopic (exact) mass is 391 g/mol. The number of carbonyl (C=O) groups is 1. The van der Waals surface area contributed by atoms with Gasteiger partial charge >= 0.3 is 6.18 Å². The SMILES string of the molecule is O=C(c1ccccc1C(F)(F)F)N(Cc1ccc2c(c1)OCO2)C1CCCC1. The van der Waals surface area contributed by atoms with Gasteiger partial charge in [-0.15, -0.1) is 0 Å². The molecule has 0 unspecified atom stereocenters. The Labute approximate surface area is 160 Å². The quantitative estimate of drug-likeness (QED) is 0.735. The van der Waals surface area contributed by atoms with Gasteiger partial charge in [0, 0.05) is 12.6 Å². The van der Waals surface area contributed by atoms with E-state index >= 15 is 0 Å². The third kappa shape index (κ3) is 3.66. The molecule has 2 aromatic rings. The molecule has 0 bridgehead atoms. The molecule has 1 aliphatic carbocycles. The summed E-state index contributed by atoms with van der Waals surface area (Å²) in [4.78, 5) is 14.8. The second-order valence-electron chi connectivity index (χ2n) is 7.10. The number of benzene rings is 2. The normalized spacial score (nSPS) is 16.4. The fourth-order valence-corrected chi connectivity index (χ4v) is 3.89. The first-order chi connectivity index (χ1) is 13.4. The average Bonchev–Trinajstić information content (AvgIpc) is 3.36. The van der Waals surface area contributed by atoms with Gasteiger partial charge in [-0.1, -0.05) is 31.0 Å². The summed E-state index contributed by atoms with van der Waals surface area (Å²) in [6.07, 6.45) is -1.05. The minimum atomic E-state index is -4.58. The van der Waals surface area contributed by atoms with Gasteiger partial charge in [0.25, 0.3) is 5.91 Å². The second kappa shape index (κ2) is 7.37. The molecular weight excluding hydrogens is 371 g/mol. The van der Waals surface area contributed by atoms with Gasteiger partial charge in [0.15, 0.2) is 11.5 Å². The molecular formula is C21H20F3NO3. The van der Waals surface area contributed by atoms with Crippen molar-refractivity contribution in [2.75, 3.05) is 6.79 Å². The molecule has 0 saturated heterocycles. The standard InChI is InChI=1S/C21H20F3NO3/c22-21(23,24)17-8-4-3-7-16(17)20(26)25(15-5-1-2-6-15)12-14-9-10-18-19(11-14)28-13-27-18/h3-4,7-11,15H,1-2,5-6,12-13H2. The van der Waals surface area contributed by atoms with Crippen molar-refractivity contribution < 1.29 is 27.4 Å². The number of alkyl halides is 3. The highest BCUT2D eigenvalue weighted by atomic mass is 19.4. The van der Waals surface area contributed by atoms with Gasteiger partial charge < -0.3 is 14.4 Å². The van der Waals surface area contributed by atoms with Gasteiger partial charge in [-0.05, 0) is 42.7 Å². The largest absolute Gasteiger partial charge is 0.454 e. The van der Waals surface area contributed by atoms with E-state index < -0.39 is 17.6 Å². The zero-order chi connectivity index (χ0) is 19.7. The van der Waals surface area contributed by atoms with E-state index in [1.165, 1.54) is 18.2 Å². The molecule has 4 nitrogen and oxygen atoms in total. The molecule has 0 spiro atoms. The molecule has 7 heteroatoms. The van der Waals surface area contributed by atoms with Crippen LogP contribution < -0.4 is 9.47 Å². The number of carbonyl (C=O) groups excluding carboxylic acids is 1. The predicted molar refractivity (Wildman–Crippen MR) is 96.1 cm³/mol. The minimum Gasteiger partial charge on any atom is -0.454 e. The fraction of sp³-hybridized carbons (Fsp3) is 0.381. The van der Waals surface area contributed by atoms with Crippen LogP contribution in [0.1, 0.15) is 47.2 Å². The van der Waals surface area contributed by atoms with E-state index in [-0.39, 0.29) is 24.9 Å². The van der Waals surface area contributed by atoms with Crippen molar-refractivity contribution >= 4 is 5.91 Å². The Morgan fingerprint density at radius 3 is 2.50 bits per heavy atom. The Kier molecular flexibility index (Phi) is 4.91. The molecule has 0 radical (unpaired) electrons. The van der Waals surface area contributed by atoms with E-state index in [1.54, 1.807) is 17.0 Å². The molecule has 28 heavy (non-hydrogen) atoms. The number of hydrogen-bond acceptors (Lipinski definition) is 3. The maximum absolute atomic E-state index is 13.4. The predicted octanol–water partition coefficient (Wildman–Crippen LogP) is 5.02. The van der Waals surface area contributed by atoms with Crippen LogP contribution in [0.4, 0.5) is 13.2 Å². The lowest BCUT2D eigenvalue weighted by molar-refractivity contribution is -0.138. The summed E-state index contributed by atoms with van der Waals surface area (Å²) in [5.41, 5.74) is -0.398. The number of amides is 1. The van der Waals surface area contributed by atoms with E-state index in [0.29, 0.717) is 11.5 Å². The first-order valence-corrected chi connectivity index (χ1v) is 9.29. The zero-order valence-electron chi connectivity index (χ0n) is 15.2. The molecule has 0 N–H and O–H groups in total. The van der Waals surface area contributed by atoms with Gasteiger partial charge in [0.2, 0.25) is 6.79 Å². The van der Waals surface area contributed by atoms with Gasteiger partial charge in [-0.3, -0.25) is 4.79 Å². The Morgan fingerprint density at radius 1 is 1.04 bits per heavy atom. The summed E-state index contributed by atoms with van der Waals surface area (Å²) in [5.74, 6) is 0.634. The molecule has 2 aliphatic rings. The molecule has 1 heterocycles. The first-order valence-electron chi connectivity index (χ1n) is 9.29. The molecule has 2 aromatic carbocycles. The van der Waals surface area contributed by atoms with E-state index in [9.17, 15) is 18.0 Å². The third-order valence-corrected chi connectivity index (χ3v) is 5.28. The van der Waals surface area contributed by atoms with E-state index in [1.807, 2.05) is 6.07 Å². The third-order valence-electron chi connectivity index (χ3n) is 5.28. The molecule has 0 atom stereocenters. The van der Waals surface area contributed by atoms with Crippen LogP contribution in [0.3, 0.4) is 0 Å². The van der Waals surface area contributed by atoms with Gasteiger partial charge in [-0.25, -0.2) is 0 Å². The summed E-state index contributed by atoms with van der Waals surface area (Å²) >= 11 is 0. The number of halogens is 3. The van der Waals surface area contributed by atoms with Crippen LogP contribution in [0.2, 0.25) is 0 Å². The number of ether oxygens (including phenoxy) is 2. The van der Waals surface area contributed by atoms with Crippen LogP contribution in [0, 0.1) is 0 Å². The zero-order valence-corrected chi connectivity index (χ0v) is 15.2. The van der Waals surface area contributed by atoms with E-state index in [4.69, 9.17) is 9.47 Å². The Bertz CT molecular complexity index is 875.